The van der Waals surface area contributed by atoms with E-state index < -0.39 is 10.0 Å². The van der Waals surface area contributed by atoms with Crippen LogP contribution in [-0.4, -0.2) is 75.8 Å². The summed E-state index contributed by atoms with van der Waals surface area (Å²) < 4.78 is 33.4. The van der Waals surface area contributed by atoms with Crippen molar-refractivity contribution in [3.05, 3.63) is 18.2 Å². The van der Waals surface area contributed by atoms with Gasteiger partial charge in [0.05, 0.1) is 19.7 Å². The molecule has 2 amide bonds. The Hall–Kier alpha value is -2.17. The molecular formula is C21H34N4O5S. The Morgan fingerprint density at radius 1 is 1.10 bits per heavy atom. The van der Waals surface area contributed by atoms with Crippen LogP contribution in [0.1, 0.15) is 39.5 Å². The third-order valence-corrected chi connectivity index (χ3v) is 6.78. The molecule has 0 aliphatic carbocycles. The molecule has 1 fully saturated rings. The number of anilines is 1. The number of amides is 2. The van der Waals surface area contributed by atoms with Crippen molar-refractivity contribution < 1.29 is 22.7 Å². The van der Waals surface area contributed by atoms with Gasteiger partial charge in [-0.3, -0.25) is 14.5 Å². The minimum absolute atomic E-state index is 0.000957. The van der Waals surface area contributed by atoms with Gasteiger partial charge in [-0.2, -0.15) is 4.31 Å². The van der Waals surface area contributed by atoms with Crippen molar-refractivity contribution in [2.75, 3.05) is 51.7 Å². The second-order valence-corrected chi connectivity index (χ2v) is 9.54. The number of nitrogens with zero attached hydrogens (tertiary/aromatic N) is 2. The topological polar surface area (TPSA) is 108 Å². The van der Waals surface area contributed by atoms with Crippen LogP contribution < -0.4 is 15.4 Å². The summed E-state index contributed by atoms with van der Waals surface area (Å²) in [5.41, 5.74) is 0.368. The summed E-state index contributed by atoms with van der Waals surface area (Å²) in [7, 11) is -2.05. The first-order chi connectivity index (χ1) is 14.8. The normalized spacial score (nSPS) is 15.0. The first-order valence-corrected chi connectivity index (χ1v) is 12.2. The Bertz CT molecular complexity index is 853. The van der Waals surface area contributed by atoms with Gasteiger partial charge in [0.2, 0.25) is 21.8 Å². The van der Waals surface area contributed by atoms with Crippen LogP contribution in [0.3, 0.4) is 0 Å². The zero-order chi connectivity index (χ0) is 22.9. The summed E-state index contributed by atoms with van der Waals surface area (Å²) in [5, 5.41) is 5.49. The number of benzene rings is 1. The summed E-state index contributed by atoms with van der Waals surface area (Å²) in [6.45, 7) is 5.75. The molecule has 2 rings (SSSR count). The van der Waals surface area contributed by atoms with Gasteiger partial charge in [-0.15, -0.1) is 0 Å². The monoisotopic (exact) mass is 454 g/mol. The molecule has 0 atom stereocenters. The molecule has 2 N–H and O–H groups in total. The molecule has 1 aliphatic heterocycles. The molecule has 0 radical (unpaired) electrons. The first kappa shape index (κ1) is 25.1. The van der Waals surface area contributed by atoms with Gasteiger partial charge in [0.15, 0.2) is 0 Å². The highest BCUT2D eigenvalue weighted by Crippen LogP contribution is 2.31. The molecule has 0 aromatic heterocycles. The van der Waals surface area contributed by atoms with Gasteiger partial charge in [-0.25, -0.2) is 8.42 Å². The number of piperidine rings is 1. The molecule has 1 aromatic rings. The van der Waals surface area contributed by atoms with Gasteiger partial charge in [0, 0.05) is 25.3 Å². The first-order valence-electron chi connectivity index (χ1n) is 10.8. The summed E-state index contributed by atoms with van der Waals surface area (Å²) in [4.78, 5) is 25.9. The van der Waals surface area contributed by atoms with Gasteiger partial charge in [-0.1, -0.05) is 13.3 Å². The van der Waals surface area contributed by atoms with Gasteiger partial charge in [0.25, 0.3) is 0 Å². The molecule has 9 nitrogen and oxygen atoms in total. The van der Waals surface area contributed by atoms with E-state index in [1.54, 1.807) is 31.0 Å². The van der Waals surface area contributed by atoms with E-state index in [1.807, 2.05) is 6.92 Å². The number of likely N-dealkylation sites (N-methyl/N-ethyl adjacent to an activating group) is 1. The molecular weight excluding hydrogens is 420 g/mol. The molecule has 0 saturated carbocycles. The third kappa shape index (κ3) is 7.48. The van der Waals surface area contributed by atoms with E-state index in [-0.39, 0.29) is 35.5 Å². The number of nitrogens with one attached hydrogen (secondary N) is 2. The Balaban J connectivity index is 2.10. The molecule has 174 valence electrons. The van der Waals surface area contributed by atoms with Crippen molar-refractivity contribution >= 4 is 27.5 Å². The number of hydrogen-bond acceptors (Lipinski definition) is 6. The molecule has 0 unspecified atom stereocenters. The van der Waals surface area contributed by atoms with E-state index in [0.717, 1.165) is 25.7 Å². The Morgan fingerprint density at radius 3 is 2.42 bits per heavy atom. The van der Waals surface area contributed by atoms with Gasteiger partial charge in [-0.05, 0) is 51.4 Å². The molecule has 1 saturated heterocycles. The van der Waals surface area contributed by atoms with E-state index in [0.29, 0.717) is 31.9 Å². The maximum absolute atomic E-state index is 13.2. The predicted octanol–water partition coefficient (Wildman–Crippen LogP) is 1.66. The Labute approximate surface area is 185 Å². The molecule has 0 spiro atoms. The quantitative estimate of drug-likeness (QED) is 0.526. The second-order valence-electron chi connectivity index (χ2n) is 7.63. The number of ether oxygens (including phenoxy) is 1. The Kier molecular flexibility index (Phi) is 9.73. The fraction of sp³-hybridized carbons (Fsp3) is 0.619. The molecule has 10 heteroatoms. The van der Waals surface area contributed by atoms with Crippen molar-refractivity contribution in [3.8, 4) is 5.75 Å². The highest BCUT2D eigenvalue weighted by atomic mass is 32.2. The molecule has 1 heterocycles. The van der Waals surface area contributed by atoms with Crippen LogP contribution in [-0.2, 0) is 19.6 Å². The van der Waals surface area contributed by atoms with Crippen LogP contribution in [0.5, 0.6) is 5.75 Å². The summed E-state index contributed by atoms with van der Waals surface area (Å²) in [6, 6.07) is 4.63. The fourth-order valence-electron chi connectivity index (χ4n) is 3.37. The summed E-state index contributed by atoms with van der Waals surface area (Å²) >= 11 is 0. The van der Waals surface area contributed by atoms with Crippen LogP contribution in [0.4, 0.5) is 5.69 Å². The van der Waals surface area contributed by atoms with E-state index in [9.17, 15) is 18.0 Å². The largest absolute Gasteiger partial charge is 0.492 e. The standard InChI is InChI=1S/C21H34N4O5S/c1-4-11-22-20(26)15-24(3)16-21(27)23-17-9-10-18(30-5-2)19(14-17)31(28,29)25-12-7-6-8-13-25/h9-10,14H,4-8,11-13,15-16H2,1-3H3,(H,22,26)(H,23,27). The lowest BCUT2D eigenvalue weighted by molar-refractivity contribution is -0.122. The van der Waals surface area contributed by atoms with Crippen LogP contribution in [0.2, 0.25) is 0 Å². The lowest BCUT2D eigenvalue weighted by Gasteiger charge is -2.27. The molecule has 31 heavy (non-hydrogen) atoms. The number of hydrogen-bond donors (Lipinski definition) is 2. The zero-order valence-electron chi connectivity index (χ0n) is 18.6. The SMILES string of the molecule is CCCNC(=O)CN(C)CC(=O)Nc1ccc(OCC)c(S(=O)(=O)N2CCCCC2)c1. The van der Waals surface area contributed by atoms with Crippen molar-refractivity contribution in [2.45, 2.75) is 44.4 Å². The second kappa shape index (κ2) is 12.0. The fourth-order valence-corrected chi connectivity index (χ4v) is 5.05. The maximum atomic E-state index is 13.2. The smallest absolute Gasteiger partial charge is 0.246 e. The predicted molar refractivity (Wildman–Crippen MR) is 120 cm³/mol. The molecule has 1 aromatic carbocycles. The van der Waals surface area contributed by atoms with Crippen LogP contribution in [0, 0.1) is 0 Å². The van der Waals surface area contributed by atoms with Crippen molar-refractivity contribution in [2.24, 2.45) is 0 Å². The Morgan fingerprint density at radius 2 is 1.77 bits per heavy atom. The minimum atomic E-state index is -3.73. The van der Waals surface area contributed by atoms with Crippen LogP contribution >= 0.6 is 0 Å². The van der Waals surface area contributed by atoms with Gasteiger partial charge >= 0.3 is 0 Å². The van der Waals surface area contributed by atoms with E-state index >= 15 is 0 Å². The number of rotatable bonds is 11. The van der Waals surface area contributed by atoms with Crippen LogP contribution in [0.25, 0.3) is 0 Å². The molecule has 1 aliphatic rings. The third-order valence-electron chi connectivity index (χ3n) is 4.86. The van der Waals surface area contributed by atoms with Gasteiger partial charge in [0.1, 0.15) is 10.6 Å². The highest BCUT2D eigenvalue weighted by molar-refractivity contribution is 7.89. The van der Waals surface area contributed by atoms with Crippen molar-refractivity contribution in [1.82, 2.24) is 14.5 Å². The summed E-state index contributed by atoms with van der Waals surface area (Å²) in [5.74, 6) is -0.208. The lowest BCUT2D eigenvalue weighted by Crippen LogP contribution is -2.39. The summed E-state index contributed by atoms with van der Waals surface area (Å²) in [6.07, 6.45) is 3.52. The number of sulfonamides is 1. The van der Waals surface area contributed by atoms with E-state index in [1.165, 1.54) is 10.4 Å². The highest BCUT2D eigenvalue weighted by Gasteiger charge is 2.29. The number of carbonyl (C=O) groups is 2. The van der Waals surface area contributed by atoms with E-state index in [4.69, 9.17) is 4.74 Å². The van der Waals surface area contributed by atoms with E-state index in [2.05, 4.69) is 10.6 Å². The zero-order valence-corrected chi connectivity index (χ0v) is 19.5. The van der Waals surface area contributed by atoms with Crippen LogP contribution in [0.15, 0.2) is 23.1 Å². The lowest BCUT2D eigenvalue weighted by atomic mass is 10.2. The maximum Gasteiger partial charge on any atom is 0.246 e. The number of carbonyl (C=O) groups excluding carboxylic acids is 2. The van der Waals surface area contributed by atoms with Gasteiger partial charge < -0.3 is 15.4 Å². The average molecular weight is 455 g/mol. The van der Waals surface area contributed by atoms with Crippen molar-refractivity contribution in [1.29, 1.82) is 0 Å². The minimum Gasteiger partial charge on any atom is -0.492 e. The average Bonchev–Trinajstić information content (AvgIpc) is 2.73. The van der Waals surface area contributed by atoms with Crippen molar-refractivity contribution in [3.63, 3.8) is 0 Å². The molecule has 0 bridgehead atoms.